The molecule has 1 N–H and O–H groups in total. The highest BCUT2D eigenvalue weighted by molar-refractivity contribution is 5.78. The zero-order valence-electron chi connectivity index (χ0n) is 12.5. The first-order valence-electron chi connectivity index (χ1n) is 6.78. The molecule has 0 saturated carbocycles. The minimum absolute atomic E-state index is 0.0646. The van der Waals surface area contributed by atoms with Crippen molar-refractivity contribution in [3.05, 3.63) is 30.1 Å². The summed E-state index contributed by atoms with van der Waals surface area (Å²) in [6, 6.07) is 6.55. The fraction of sp³-hybridized carbons (Fsp3) is 0.533. The number of carbonyl (C=O) groups is 1. The number of amides is 1. The number of carbonyl (C=O) groups excluding carboxylic acids is 1. The summed E-state index contributed by atoms with van der Waals surface area (Å²) in [5.41, 5.74) is 0. The number of hydrogen-bond donors (Lipinski definition) is 1. The highest BCUT2D eigenvalue weighted by atomic mass is 19.1. The molecular weight excluding hydrogens is 259 g/mol. The van der Waals surface area contributed by atoms with Crippen LogP contribution in [0.1, 0.15) is 20.8 Å². The number of nitrogens with zero attached hydrogens (tertiary/aromatic N) is 1. The summed E-state index contributed by atoms with van der Waals surface area (Å²) in [7, 11) is 1.89. The molecule has 4 nitrogen and oxygen atoms in total. The lowest BCUT2D eigenvalue weighted by atomic mass is 10.3. The van der Waals surface area contributed by atoms with Crippen molar-refractivity contribution < 1.29 is 13.9 Å². The van der Waals surface area contributed by atoms with E-state index in [4.69, 9.17) is 4.74 Å². The predicted molar refractivity (Wildman–Crippen MR) is 77.3 cm³/mol. The van der Waals surface area contributed by atoms with E-state index in [-0.39, 0.29) is 17.8 Å². The molecule has 0 radical (unpaired) electrons. The van der Waals surface area contributed by atoms with Crippen LogP contribution in [0.25, 0.3) is 0 Å². The average molecular weight is 282 g/mol. The summed E-state index contributed by atoms with van der Waals surface area (Å²) < 4.78 is 18.8. The topological polar surface area (TPSA) is 41.6 Å². The maximum atomic E-state index is 13.4. The Kier molecular flexibility index (Phi) is 6.45. The van der Waals surface area contributed by atoms with Gasteiger partial charge in [0, 0.05) is 6.04 Å². The van der Waals surface area contributed by atoms with Crippen molar-refractivity contribution in [3.8, 4) is 5.75 Å². The molecule has 1 aromatic carbocycles. The predicted octanol–water partition coefficient (Wildman–Crippen LogP) is 2.05. The summed E-state index contributed by atoms with van der Waals surface area (Å²) in [6.45, 7) is 6.52. The second kappa shape index (κ2) is 7.85. The largest absolute Gasteiger partial charge is 0.486 e. The highest BCUT2D eigenvalue weighted by Crippen LogP contribution is 2.16. The smallest absolute Gasteiger partial charge is 0.234 e. The first-order valence-corrected chi connectivity index (χ1v) is 6.78. The summed E-state index contributed by atoms with van der Waals surface area (Å²) in [5.74, 6) is -0.260. The van der Waals surface area contributed by atoms with Gasteiger partial charge in [-0.05, 0) is 40.0 Å². The molecule has 5 heteroatoms. The van der Waals surface area contributed by atoms with Crippen LogP contribution >= 0.6 is 0 Å². The summed E-state index contributed by atoms with van der Waals surface area (Å²) in [4.78, 5) is 13.6. The van der Waals surface area contributed by atoms with Crippen LogP contribution in [-0.4, -0.2) is 43.1 Å². The summed E-state index contributed by atoms with van der Waals surface area (Å²) >= 11 is 0. The van der Waals surface area contributed by atoms with Crippen LogP contribution in [0.4, 0.5) is 4.39 Å². The van der Waals surface area contributed by atoms with Crippen LogP contribution in [0.2, 0.25) is 0 Å². The van der Waals surface area contributed by atoms with Gasteiger partial charge < -0.3 is 10.1 Å². The maximum absolute atomic E-state index is 13.4. The normalized spacial score (nSPS) is 12.6. The molecule has 112 valence electrons. The van der Waals surface area contributed by atoms with Gasteiger partial charge in [0.25, 0.3) is 0 Å². The van der Waals surface area contributed by atoms with Crippen molar-refractivity contribution >= 4 is 5.91 Å². The number of rotatable bonds is 7. The van der Waals surface area contributed by atoms with E-state index in [0.29, 0.717) is 19.1 Å². The van der Waals surface area contributed by atoms with Crippen molar-refractivity contribution in [2.24, 2.45) is 0 Å². The third kappa shape index (κ3) is 5.57. The molecule has 0 aliphatic heterocycles. The van der Waals surface area contributed by atoms with Gasteiger partial charge in [0.2, 0.25) is 5.91 Å². The molecule has 0 aromatic heterocycles. The fourth-order valence-electron chi connectivity index (χ4n) is 1.52. The minimum atomic E-state index is -0.398. The molecule has 0 spiro atoms. The van der Waals surface area contributed by atoms with E-state index in [9.17, 15) is 9.18 Å². The highest BCUT2D eigenvalue weighted by Gasteiger charge is 2.12. The first kappa shape index (κ1) is 16.4. The number of benzene rings is 1. The zero-order chi connectivity index (χ0) is 15.1. The molecule has 1 rings (SSSR count). The van der Waals surface area contributed by atoms with Gasteiger partial charge in [0.15, 0.2) is 11.6 Å². The third-order valence-corrected chi connectivity index (χ3v) is 3.03. The van der Waals surface area contributed by atoms with Gasteiger partial charge in [-0.25, -0.2) is 4.39 Å². The maximum Gasteiger partial charge on any atom is 0.234 e. The number of para-hydroxylation sites is 1. The monoisotopic (exact) mass is 282 g/mol. The Balaban J connectivity index is 2.35. The third-order valence-electron chi connectivity index (χ3n) is 3.03. The molecule has 1 amide bonds. The minimum Gasteiger partial charge on any atom is -0.486 e. The Hall–Kier alpha value is -1.62. The second-order valence-electron chi connectivity index (χ2n) is 5.17. The van der Waals surface area contributed by atoms with E-state index in [1.165, 1.54) is 6.07 Å². The Labute approximate surface area is 119 Å². The molecule has 0 heterocycles. The van der Waals surface area contributed by atoms with Crippen LogP contribution < -0.4 is 10.1 Å². The van der Waals surface area contributed by atoms with Gasteiger partial charge in [-0.1, -0.05) is 12.1 Å². The van der Waals surface area contributed by atoms with Crippen LogP contribution in [0, 0.1) is 5.82 Å². The van der Waals surface area contributed by atoms with E-state index in [0.717, 1.165) is 0 Å². The van der Waals surface area contributed by atoms with Crippen LogP contribution in [0.15, 0.2) is 24.3 Å². The van der Waals surface area contributed by atoms with Crippen LogP contribution in [0.5, 0.6) is 5.75 Å². The van der Waals surface area contributed by atoms with E-state index in [1.54, 1.807) is 25.1 Å². The average Bonchev–Trinajstić information content (AvgIpc) is 2.39. The fourth-order valence-corrected chi connectivity index (χ4v) is 1.52. The van der Waals surface area contributed by atoms with Gasteiger partial charge in [0.1, 0.15) is 6.10 Å². The van der Waals surface area contributed by atoms with Crippen LogP contribution in [0.3, 0.4) is 0 Å². The Morgan fingerprint density at radius 2 is 2.00 bits per heavy atom. The Morgan fingerprint density at radius 1 is 1.35 bits per heavy atom. The number of ether oxygens (including phenoxy) is 1. The van der Waals surface area contributed by atoms with E-state index >= 15 is 0 Å². The molecule has 20 heavy (non-hydrogen) atoms. The summed E-state index contributed by atoms with van der Waals surface area (Å²) in [5, 5.41) is 2.78. The van der Waals surface area contributed by atoms with Gasteiger partial charge in [-0.2, -0.15) is 0 Å². The summed E-state index contributed by atoms with van der Waals surface area (Å²) in [6.07, 6.45) is -0.291. The van der Waals surface area contributed by atoms with Gasteiger partial charge in [-0.3, -0.25) is 9.69 Å². The molecule has 1 atom stereocenters. The molecule has 0 aliphatic rings. The van der Waals surface area contributed by atoms with Crippen molar-refractivity contribution in [1.82, 2.24) is 10.2 Å². The van der Waals surface area contributed by atoms with E-state index in [2.05, 4.69) is 5.32 Å². The quantitative estimate of drug-likeness (QED) is 0.832. The van der Waals surface area contributed by atoms with Gasteiger partial charge >= 0.3 is 0 Å². The van der Waals surface area contributed by atoms with Crippen LogP contribution in [-0.2, 0) is 4.79 Å². The van der Waals surface area contributed by atoms with Gasteiger partial charge in [-0.15, -0.1) is 0 Å². The van der Waals surface area contributed by atoms with Crippen molar-refractivity contribution in [3.63, 3.8) is 0 Å². The number of halogens is 1. The Morgan fingerprint density at radius 3 is 2.60 bits per heavy atom. The molecule has 0 saturated heterocycles. The first-order chi connectivity index (χ1) is 9.40. The lowest BCUT2D eigenvalue weighted by Crippen LogP contribution is -2.41. The molecule has 0 unspecified atom stereocenters. The molecule has 0 bridgehead atoms. The van der Waals surface area contributed by atoms with Gasteiger partial charge in [0.05, 0.1) is 13.1 Å². The second-order valence-corrected chi connectivity index (χ2v) is 5.17. The number of nitrogens with one attached hydrogen (secondary N) is 1. The number of likely N-dealkylation sites (N-methyl/N-ethyl adjacent to an activating group) is 1. The van der Waals surface area contributed by atoms with E-state index in [1.807, 2.05) is 25.8 Å². The van der Waals surface area contributed by atoms with E-state index < -0.39 is 5.82 Å². The molecule has 1 aromatic rings. The molecule has 0 aliphatic carbocycles. The Bertz CT molecular complexity index is 438. The SMILES string of the molecule is CC(C)N(C)CC(=O)NC[C@@H](C)Oc1ccccc1F. The molecule has 0 fully saturated rings. The number of hydrogen-bond acceptors (Lipinski definition) is 3. The lowest BCUT2D eigenvalue weighted by Gasteiger charge is -2.21. The van der Waals surface area contributed by atoms with Crippen molar-refractivity contribution in [2.75, 3.05) is 20.1 Å². The zero-order valence-corrected chi connectivity index (χ0v) is 12.5. The lowest BCUT2D eigenvalue weighted by molar-refractivity contribution is -0.122. The van der Waals surface area contributed by atoms with Crippen molar-refractivity contribution in [1.29, 1.82) is 0 Å². The standard InChI is InChI=1S/C15H23FN2O2/c1-11(2)18(4)10-15(19)17-9-12(3)20-14-8-6-5-7-13(14)16/h5-8,11-12H,9-10H2,1-4H3,(H,17,19)/t12-/m1/s1. The molecular formula is C15H23FN2O2. The van der Waals surface area contributed by atoms with Crippen molar-refractivity contribution in [2.45, 2.75) is 32.9 Å².